The molecule has 6 heteroatoms. The van der Waals surface area contributed by atoms with E-state index >= 15 is 0 Å². The lowest BCUT2D eigenvalue weighted by Crippen LogP contribution is -2.29. The molecule has 5 nitrogen and oxygen atoms in total. The molecule has 1 unspecified atom stereocenters. The molecule has 0 heterocycles. The fourth-order valence-electron chi connectivity index (χ4n) is 1.55. The Kier molecular flexibility index (Phi) is 6.66. The molecule has 1 rings (SSSR count). The van der Waals surface area contributed by atoms with E-state index in [1.165, 1.54) is 7.11 Å². The average Bonchev–Trinajstić information content (AvgIpc) is 2.45. The number of carbonyl (C=O) groups is 1. The molecule has 0 aliphatic heterocycles. The van der Waals surface area contributed by atoms with Gasteiger partial charge in [0.25, 0.3) is 0 Å². The molecule has 0 aromatic heterocycles. The van der Waals surface area contributed by atoms with Gasteiger partial charge in [-0.15, -0.1) is 0 Å². The maximum atomic E-state index is 11.2. The minimum absolute atomic E-state index is 0.292. The number of benzene rings is 1. The Hall–Kier alpha value is -1.27. The number of hydrogen-bond donors (Lipinski definition) is 1. The second-order valence-corrected chi connectivity index (χ2v) is 4.92. The van der Waals surface area contributed by atoms with Crippen LogP contribution in [0.5, 0.6) is 11.5 Å². The molecule has 1 aromatic rings. The molecule has 106 valence electrons. The quantitative estimate of drug-likeness (QED) is 0.609. The van der Waals surface area contributed by atoms with Gasteiger partial charge in [-0.25, -0.2) is 0 Å². The third-order valence-corrected chi connectivity index (χ3v) is 3.26. The first-order valence-electron chi connectivity index (χ1n) is 5.76. The van der Waals surface area contributed by atoms with Crippen LogP contribution in [0.15, 0.2) is 18.2 Å². The molecule has 1 atom stereocenters. The Morgan fingerprint density at radius 3 is 2.53 bits per heavy atom. The summed E-state index contributed by atoms with van der Waals surface area (Å²) in [5, 5.41) is 3.16. The number of methoxy groups -OCH3 is 3. The third-order valence-electron chi connectivity index (χ3n) is 2.56. The highest BCUT2D eigenvalue weighted by atomic mass is 79.9. The van der Waals surface area contributed by atoms with Gasteiger partial charge in [0.1, 0.15) is 4.83 Å². The SMILES string of the molecule is COC(=O)C(Br)CNCc1ccc(OC)c(OC)c1. The largest absolute Gasteiger partial charge is 0.493 e. The zero-order valence-electron chi connectivity index (χ0n) is 11.2. The molecule has 19 heavy (non-hydrogen) atoms. The van der Waals surface area contributed by atoms with Crippen molar-refractivity contribution in [2.75, 3.05) is 27.9 Å². The second-order valence-electron chi connectivity index (χ2n) is 3.81. The van der Waals surface area contributed by atoms with Gasteiger partial charge in [0.05, 0.1) is 21.3 Å². The average molecular weight is 332 g/mol. The predicted molar refractivity (Wildman–Crippen MR) is 76.0 cm³/mol. The molecule has 1 aromatic carbocycles. The van der Waals surface area contributed by atoms with Crippen LogP contribution in [0.2, 0.25) is 0 Å². The van der Waals surface area contributed by atoms with Gasteiger partial charge in [-0.05, 0) is 17.7 Å². The van der Waals surface area contributed by atoms with Crippen molar-refractivity contribution < 1.29 is 19.0 Å². The molecule has 0 saturated heterocycles. The van der Waals surface area contributed by atoms with Crippen LogP contribution in [0.1, 0.15) is 5.56 Å². The summed E-state index contributed by atoms with van der Waals surface area (Å²) >= 11 is 3.25. The van der Waals surface area contributed by atoms with Gasteiger partial charge >= 0.3 is 5.97 Å². The van der Waals surface area contributed by atoms with Crippen LogP contribution in [0.3, 0.4) is 0 Å². The summed E-state index contributed by atoms with van der Waals surface area (Å²) in [6, 6.07) is 5.69. The summed E-state index contributed by atoms with van der Waals surface area (Å²) in [7, 11) is 4.56. The van der Waals surface area contributed by atoms with Gasteiger partial charge in [0, 0.05) is 13.1 Å². The van der Waals surface area contributed by atoms with Crippen LogP contribution in [-0.2, 0) is 16.1 Å². The number of ether oxygens (including phenoxy) is 3. The fourth-order valence-corrected chi connectivity index (χ4v) is 1.96. The molecular weight excluding hydrogens is 314 g/mol. The zero-order valence-corrected chi connectivity index (χ0v) is 12.8. The van der Waals surface area contributed by atoms with Crippen LogP contribution in [0.25, 0.3) is 0 Å². The lowest BCUT2D eigenvalue weighted by molar-refractivity contribution is -0.139. The van der Waals surface area contributed by atoms with Crippen LogP contribution in [0, 0.1) is 0 Å². The van der Waals surface area contributed by atoms with Crippen molar-refractivity contribution in [1.29, 1.82) is 0 Å². The second kappa shape index (κ2) is 8.01. The summed E-state index contributed by atoms with van der Waals surface area (Å²) in [6.45, 7) is 1.11. The van der Waals surface area contributed by atoms with Gasteiger partial charge < -0.3 is 19.5 Å². The van der Waals surface area contributed by atoms with Gasteiger partial charge in [-0.2, -0.15) is 0 Å². The molecule has 0 saturated carbocycles. The van der Waals surface area contributed by atoms with Crippen molar-refractivity contribution >= 4 is 21.9 Å². The molecular formula is C13H18BrNO4. The lowest BCUT2D eigenvalue weighted by atomic mass is 10.2. The molecule has 0 radical (unpaired) electrons. The monoisotopic (exact) mass is 331 g/mol. The van der Waals surface area contributed by atoms with Crippen molar-refractivity contribution in [2.45, 2.75) is 11.4 Å². The lowest BCUT2D eigenvalue weighted by Gasteiger charge is -2.11. The highest BCUT2D eigenvalue weighted by Crippen LogP contribution is 2.27. The van der Waals surface area contributed by atoms with E-state index in [1.807, 2.05) is 18.2 Å². The first kappa shape index (κ1) is 15.8. The van der Waals surface area contributed by atoms with Crippen LogP contribution < -0.4 is 14.8 Å². The standard InChI is InChI=1S/C13H18BrNO4/c1-17-11-5-4-9(6-12(11)18-2)7-15-8-10(14)13(16)19-3/h4-6,10,15H,7-8H2,1-3H3. The predicted octanol–water partition coefficient (Wildman–Crippen LogP) is 1.73. The van der Waals surface area contributed by atoms with Crippen molar-refractivity contribution in [3.63, 3.8) is 0 Å². The van der Waals surface area contributed by atoms with Gasteiger partial charge in [-0.3, -0.25) is 4.79 Å². The minimum Gasteiger partial charge on any atom is -0.493 e. The summed E-state index contributed by atoms with van der Waals surface area (Å²) in [5.74, 6) is 1.09. The molecule has 0 bridgehead atoms. The van der Waals surface area contributed by atoms with Crippen LogP contribution in [-0.4, -0.2) is 38.7 Å². The maximum absolute atomic E-state index is 11.2. The first-order valence-corrected chi connectivity index (χ1v) is 6.67. The number of alkyl halides is 1. The Morgan fingerprint density at radius 2 is 1.95 bits per heavy atom. The normalized spacial score (nSPS) is 11.8. The molecule has 0 amide bonds. The summed E-state index contributed by atoms with van der Waals surface area (Å²) in [4.78, 5) is 10.8. The van der Waals surface area contributed by atoms with Gasteiger partial charge in [0.2, 0.25) is 0 Å². The first-order chi connectivity index (χ1) is 9.12. The number of nitrogens with one attached hydrogen (secondary N) is 1. The van der Waals surface area contributed by atoms with E-state index in [0.717, 1.165) is 5.56 Å². The van der Waals surface area contributed by atoms with E-state index in [4.69, 9.17) is 9.47 Å². The number of esters is 1. The van der Waals surface area contributed by atoms with Crippen LogP contribution in [0.4, 0.5) is 0 Å². The van der Waals surface area contributed by atoms with E-state index in [0.29, 0.717) is 24.6 Å². The smallest absolute Gasteiger partial charge is 0.320 e. The van der Waals surface area contributed by atoms with E-state index in [-0.39, 0.29) is 10.8 Å². The Bertz CT molecular complexity index is 425. The Balaban J connectivity index is 2.52. The van der Waals surface area contributed by atoms with Crippen molar-refractivity contribution in [3.05, 3.63) is 23.8 Å². The zero-order chi connectivity index (χ0) is 14.3. The van der Waals surface area contributed by atoms with E-state index in [9.17, 15) is 4.79 Å². The Morgan fingerprint density at radius 1 is 1.26 bits per heavy atom. The highest BCUT2D eigenvalue weighted by Gasteiger charge is 2.14. The van der Waals surface area contributed by atoms with E-state index in [1.54, 1.807) is 14.2 Å². The molecule has 0 spiro atoms. The molecule has 0 fully saturated rings. The maximum Gasteiger partial charge on any atom is 0.320 e. The number of halogens is 1. The van der Waals surface area contributed by atoms with Crippen LogP contribution >= 0.6 is 15.9 Å². The summed E-state index contributed by atoms with van der Waals surface area (Å²) in [6.07, 6.45) is 0. The minimum atomic E-state index is -0.349. The highest BCUT2D eigenvalue weighted by molar-refractivity contribution is 9.10. The van der Waals surface area contributed by atoms with Gasteiger partial charge in [-0.1, -0.05) is 22.0 Å². The number of carbonyl (C=O) groups excluding carboxylic acids is 1. The number of hydrogen-bond acceptors (Lipinski definition) is 5. The van der Waals surface area contributed by atoms with Crippen molar-refractivity contribution in [3.8, 4) is 11.5 Å². The Labute approximate surface area is 121 Å². The number of rotatable bonds is 7. The van der Waals surface area contributed by atoms with Crippen molar-refractivity contribution in [2.24, 2.45) is 0 Å². The molecule has 1 N–H and O–H groups in total. The summed E-state index contributed by atoms with van der Waals surface area (Å²) in [5.41, 5.74) is 1.04. The summed E-state index contributed by atoms with van der Waals surface area (Å²) < 4.78 is 15.0. The van der Waals surface area contributed by atoms with E-state index in [2.05, 4.69) is 26.0 Å². The van der Waals surface area contributed by atoms with Gasteiger partial charge in [0.15, 0.2) is 11.5 Å². The fraction of sp³-hybridized carbons (Fsp3) is 0.462. The van der Waals surface area contributed by atoms with Crippen molar-refractivity contribution in [1.82, 2.24) is 5.32 Å². The molecule has 0 aliphatic rings. The molecule has 0 aliphatic carbocycles. The van der Waals surface area contributed by atoms with E-state index < -0.39 is 0 Å². The topological polar surface area (TPSA) is 56.8 Å². The third kappa shape index (κ3) is 4.72.